The topological polar surface area (TPSA) is 49.5 Å². The van der Waals surface area contributed by atoms with Gasteiger partial charge in [0.2, 0.25) is 0 Å². The lowest BCUT2D eigenvalue weighted by Gasteiger charge is -2.20. The summed E-state index contributed by atoms with van der Waals surface area (Å²) >= 11 is 0. The van der Waals surface area contributed by atoms with Crippen LogP contribution in [-0.2, 0) is 6.54 Å². The minimum absolute atomic E-state index is 0.332. The minimum atomic E-state index is 0.332. The third-order valence-corrected chi connectivity index (χ3v) is 2.48. The Balaban J connectivity index is 2.73. The fourth-order valence-corrected chi connectivity index (χ4v) is 1.64. The second-order valence-corrected chi connectivity index (χ2v) is 3.76. The van der Waals surface area contributed by atoms with Crippen molar-refractivity contribution >= 4 is 5.69 Å². The maximum Gasteiger partial charge on any atom is 0.120 e. The van der Waals surface area contributed by atoms with Gasteiger partial charge in [0.25, 0.3) is 0 Å². The van der Waals surface area contributed by atoms with Crippen LogP contribution in [0.25, 0.3) is 0 Å². The third-order valence-electron chi connectivity index (χ3n) is 2.48. The van der Waals surface area contributed by atoms with Crippen LogP contribution in [0.3, 0.4) is 0 Å². The van der Waals surface area contributed by atoms with Crippen LogP contribution in [0.2, 0.25) is 0 Å². The third kappa shape index (κ3) is 3.44. The maximum atomic E-state index is 9.67. The van der Waals surface area contributed by atoms with Gasteiger partial charge in [0.15, 0.2) is 0 Å². The van der Waals surface area contributed by atoms with Crippen molar-refractivity contribution < 1.29 is 5.11 Å². The molecule has 3 N–H and O–H groups in total. The monoisotopic (exact) mass is 208 g/mol. The average molecular weight is 208 g/mol. The number of nitrogens with two attached hydrogens (primary N) is 1. The van der Waals surface area contributed by atoms with Crippen LogP contribution in [-0.4, -0.2) is 23.1 Å². The molecule has 0 heterocycles. The van der Waals surface area contributed by atoms with Crippen LogP contribution in [0.5, 0.6) is 5.75 Å². The van der Waals surface area contributed by atoms with Gasteiger partial charge in [-0.25, -0.2) is 0 Å². The van der Waals surface area contributed by atoms with Crippen LogP contribution in [0.15, 0.2) is 18.2 Å². The van der Waals surface area contributed by atoms with Crippen molar-refractivity contribution in [1.29, 1.82) is 0 Å². The Kier molecular flexibility index (Phi) is 4.43. The number of hydrogen-bond donors (Lipinski definition) is 2. The van der Waals surface area contributed by atoms with E-state index in [1.807, 2.05) is 6.07 Å². The highest BCUT2D eigenvalue weighted by Gasteiger charge is 2.06. The zero-order valence-corrected chi connectivity index (χ0v) is 9.53. The zero-order chi connectivity index (χ0) is 11.3. The highest BCUT2D eigenvalue weighted by molar-refractivity contribution is 5.47. The van der Waals surface area contributed by atoms with Crippen molar-refractivity contribution in [3.8, 4) is 5.75 Å². The Labute approximate surface area is 91.5 Å². The molecule has 1 aromatic carbocycles. The molecule has 1 aromatic rings. The molecule has 3 nitrogen and oxygen atoms in total. The first kappa shape index (κ1) is 11.9. The fourth-order valence-electron chi connectivity index (χ4n) is 1.64. The van der Waals surface area contributed by atoms with Gasteiger partial charge >= 0.3 is 0 Å². The number of nitrogens with zero attached hydrogens (tertiary/aromatic N) is 1. The number of aromatic hydroxyl groups is 1. The Morgan fingerprint density at radius 1 is 1.33 bits per heavy atom. The van der Waals surface area contributed by atoms with Crippen LogP contribution in [0.4, 0.5) is 5.69 Å². The lowest BCUT2D eigenvalue weighted by Crippen LogP contribution is -2.23. The van der Waals surface area contributed by atoms with E-state index in [4.69, 9.17) is 5.73 Å². The van der Waals surface area contributed by atoms with E-state index < -0.39 is 0 Å². The summed E-state index contributed by atoms with van der Waals surface area (Å²) in [5.74, 6) is 0.332. The lowest BCUT2D eigenvalue weighted by atomic mass is 10.1. The molecule has 0 aliphatic rings. The quantitative estimate of drug-likeness (QED) is 0.576. The highest BCUT2D eigenvalue weighted by Crippen LogP contribution is 2.21. The summed E-state index contributed by atoms with van der Waals surface area (Å²) in [7, 11) is 0. The largest absolute Gasteiger partial charge is 0.508 e. The first-order valence-electron chi connectivity index (χ1n) is 5.47. The molecule has 3 heteroatoms. The molecular weight excluding hydrogens is 188 g/mol. The molecule has 0 aliphatic carbocycles. The van der Waals surface area contributed by atoms with Gasteiger partial charge in [-0.3, -0.25) is 4.90 Å². The average Bonchev–Trinajstić information content (AvgIpc) is 2.22. The Hall–Kier alpha value is -1.22. The van der Waals surface area contributed by atoms with Gasteiger partial charge in [0.05, 0.1) is 0 Å². The van der Waals surface area contributed by atoms with E-state index in [9.17, 15) is 5.11 Å². The predicted octanol–water partition coefficient (Wildman–Crippen LogP) is 2.21. The van der Waals surface area contributed by atoms with Crippen LogP contribution < -0.4 is 5.73 Å². The van der Waals surface area contributed by atoms with E-state index in [1.165, 1.54) is 0 Å². The van der Waals surface area contributed by atoms with Crippen LogP contribution >= 0.6 is 0 Å². The second-order valence-electron chi connectivity index (χ2n) is 3.76. The van der Waals surface area contributed by atoms with Crippen molar-refractivity contribution in [2.75, 3.05) is 18.8 Å². The van der Waals surface area contributed by atoms with Gasteiger partial charge in [-0.1, -0.05) is 13.8 Å². The van der Waals surface area contributed by atoms with Gasteiger partial charge in [-0.15, -0.1) is 0 Å². The fraction of sp³-hybridized carbons (Fsp3) is 0.500. The molecular formula is C12H20N2O. The van der Waals surface area contributed by atoms with Gasteiger partial charge in [-0.05, 0) is 37.7 Å². The number of anilines is 1. The smallest absolute Gasteiger partial charge is 0.120 e. The van der Waals surface area contributed by atoms with Crippen molar-refractivity contribution in [3.63, 3.8) is 0 Å². The summed E-state index contributed by atoms with van der Waals surface area (Å²) in [6.45, 7) is 7.08. The van der Waals surface area contributed by atoms with Crippen molar-refractivity contribution in [2.24, 2.45) is 0 Å². The molecule has 0 spiro atoms. The standard InChI is InChI=1S/C12H20N2O/c1-3-7-14(4-2)9-10-8-11(13)5-6-12(10)15/h5-6,8,15H,3-4,7,9,13H2,1-2H3. The van der Waals surface area contributed by atoms with Gasteiger partial charge in [-0.2, -0.15) is 0 Å². The molecule has 0 aromatic heterocycles. The van der Waals surface area contributed by atoms with Gasteiger partial charge in [0.1, 0.15) is 5.75 Å². The maximum absolute atomic E-state index is 9.67. The molecule has 0 bridgehead atoms. The molecule has 0 saturated carbocycles. The number of nitrogen functional groups attached to an aromatic ring is 1. The highest BCUT2D eigenvalue weighted by atomic mass is 16.3. The van der Waals surface area contributed by atoms with Crippen molar-refractivity contribution in [1.82, 2.24) is 4.90 Å². The molecule has 15 heavy (non-hydrogen) atoms. The van der Waals surface area contributed by atoms with E-state index in [1.54, 1.807) is 12.1 Å². The number of rotatable bonds is 5. The first-order valence-corrected chi connectivity index (χ1v) is 5.47. The number of benzene rings is 1. The minimum Gasteiger partial charge on any atom is -0.508 e. The molecule has 1 rings (SSSR count). The van der Waals surface area contributed by atoms with Crippen LogP contribution in [0.1, 0.15) is 25.8 Å². The Bertz CT molecular complexity index is 312. The summed E-state index contributed by atoms with van der Waals surface area (Å²) in [5, 5.41) is 9.67. The van der Waals surface area contributed by atoms with Gasteiger partial charge in [0, 0.05) is 17.8 Å². The molecule has 0 aliphatic heterocycles. The Morgan fingerprint density at radius 3 is 2.67 bits per heavy atom. The number of hydrogen-bond acceptors (Lipinski definition) is 3. The zero-order valence-electron chi connectivity index (χ0n) is 9.53. The molecule has 84 valence electrons. The predicted molar refractivity (Wildman–Crippen MR) is 63.8 cm³/mol. The molecule has 0 amide bonds. The molecule has 0 saturated heterocycles. The van der Waals surface area contributed by atoms with Crippen molar-refractivity contribution in [3.05, 3.63) is 23.8 Å². The summed E-state index contributed by atoms with van der Waals surface area (Å²) in [6.07, 6.45) is 1.12. The van der Waals surface area contributed by atoms with E-state index >= 15 is 0 Å². The number of phenols is 1. The van der Waals surface area contributed by atoms with E-state index in [2.05, 4.69) is 18.7 Å². The summed E-state index contributed by atoms with van der Waals surface area (Å²) in [5.41, 5.74) is 7.30. The van der Waals surface area contributed by atoms with E-state index in [0.29, 0.717) is 11.4 Å². The molecule has 0 fully saturated rings. The SMILES string of the molecule is CCCN(CC)Cc1cc(N)ccc1O. The second kappa shape index (κ2) is 5.61. The molecule has 0 atom stereocenters. The number of phenolic OH excluding ortho intramolecular Hbond substituents is 1. The summed E-state index contributed by atoms with van der Waals surface area (Å²) < 4.78 is 0. The van der Waals surface area contributed by atoms with Gasteiger partial charge < -0.3 is 10.8 Å². The van der Waals surface area contributed by atoms with E-state index in [-0.39, 0.29) is 0 Å². The summed E-state index contributed by atoms with van der Waals surface area (Å²) in [4.78, 5) is 2.29. The summed E-state index contributed by atoms with van der Waals surface area (Å²) in [6, 6.07) is 5.22. The van der Waals surface area contributed by atoms with Crippen molar-refractivity contribution in [2.45, 2.75) is 26.8 Å². The molecule has 0 unspecified atom stereocenters. The van der Waals surface area contributed by atoms with E-state index in [0.717, 1.165) is 31.6 Å². The molecule has 0 radical (unpaired) electrons. The van der Waals surface area contributed by atoms with Crippen LogP contribution in [0, 0.1) is 0 Å². The Morgan fingerprint density at radius 2 is 2.07 bits per heavy atom. The lowest BCUT2D eigenvalue weighted by molar-refractivity contribution is 0.276. The first-order chi connectivity index (χ1) is 7.17. The normalized spacial score (nSPS) is 10.9.